The van der Waals surface area contributed by atoms with Gasteiger partial charge in [-0.3, -0.25) is 0 Å². The van der Waals surface area contributed by atoms with Crippen LogP contribution in [0.1, 0.15) is 11.3 Å². The van der Waals surface area contributed by atoms with Crippen LogP contribution < -0.4 is 10.2 Å². The minimum atomic E-state index is 0.718. The van der Waals surface area contributed by atoms with Crippen molar-refractivity contribution in [2.75, 3.05) is 36.5 Å². The molecule has 0 spiro atoms. The van der Waals surface area contributed by atoms with Crippen LogP contribution in [-0.2, 0) is 11.3 Å². The number of rotatable bonds is 4. The van der Waals surface area contributed by atoms with Gasteiger partial charge in [0, 0.05) is 24.5 Å². The zero-order chi connectivity index (χ0) is 13.8. The standard InChI is InChI=1S/C16H20N2O2/c1-13-6-9-20-16(13)12-17-14-2-4-15(5-3-14)18-7-10-19-11-8-18/h2-6,9,17H,7-8,10-12H2,1H3. The van der Waals surface area contributed by atoms with Crippen LogP contribution in [0.4, 0.5) is 11.4 Å². The van der Waals surface area contributed by atoms with Crippen LogP contribution in [0.25, 0.3) is 0 Å². The van der Waals surface area contributed by atoms with Gasteiger partial charge in [-0.1, -0.05) is 0 Å². The first-order valence-corrected chi connectivity index (χ1v) is 7.02. The number of furan rings is 1. The molecule has 1 aromatic heterocycles. The summed E-state index contributed by atoms with van der Waals surface area (Å²) in [5.74, 6) is 0.988. The number of aryl methyl sites for hydroxylation is 1. The first-order chi connectivity index (χ1) is 9.83. The Morgan fingerprint density at radius 3 is 2.50 bits per heavy atom. The molecule has 0 radical (unpaired) electrons. The van der Waals surface area contributed by atoms with Crippen LogP contribution >= 0.6 is 0 Å². The number of nitrogens with one attached hydrogen (secondary N) is 1. The number of morpholine rings is 1. The van der Waals surface area contributed by atoms with E-state index in [1.54, 1.807) is 6.26 Å². The average molecular weight is 272 g/mol. The van der Waals surface area contributed by atoms with Crippen molar-refractivity contribution in [3.05, 3.63) is 47.9 Å². The Balaban J connectivity index is 1.59. The van der Waals surface area contributed by atoms with E-state index in [-0.39, 0.29) is 0 Å². The number of benzene rings is 1. The number of ether oxygens (including phenoxy) is 1. The van der Waals surface area contributed by atoms with Crippen molar-refractivity contribution in [1.82, 2.24) is 0 Å². The average Bonchev–Trinajstić information content (AvgIpc) is 2.92. The second-order valence-corrected chi connectivity index (χ2v) is 5.03. The van der Waals surface area contributed by atoms with Gasteiger partial charge in [0.25, 0.3) is 0 Å². The van der Waals surface area contributed by atoms with Gasteiger partial charge in [0.1, 0.15) is 5.76 Å². The van der Waals surface area contributed by atoms with Crippen molar-refractivity contribution in [3.63, 3.8) is 0 Å². The van der Waals surface area contributed by atoms with Crippen LogP contribution in [-0.4, -0.2) is 26.3 Å². The summed E-state index contributed by atoms with van der Waals surface area (Å²) >= 11 is 0. The van der Waals surface area contributed by atoms with Crippen LogP contribution in [0.2, 0.25) is 0 Å². The number of hydrogen-bond donors (Lipinski definition) is 1. The van der Waals surface area contributed by atoms with E-state index in [1.165, 1.54) is 11.3 Å². The Morgan fingerprint density at radius 2 is 1.85 bits per heavy atom. The van der Waals surface area contributed by atoms with Gasteiger partial charge in [0.05, 0.1) is 26.0 Å². The van der Waals surface area contributed by atoms with Crippen molar-refractivity contribution >= 4 is 11.4 Å². The molecule has 20 heavy (non-hydrogen) atoms. The molecule has 106 valence electrons. The highest BCUT2D eigenvalue weighted by Crippen LogP contribution is 2.20. The van der Waals surface area contributed by atoms with Gasteiger partial charge >= 0.3 is 0 Å². The molecule has 1 aromatic carbocycles. The van der Waals surface area contributed by atoms with Crippen molar-refractivity contribution < 1.29 is 9.15 Å². The van der Waals surface area contributed by atoms with Crippen molar-refractivity contribution in [2.24, 2.45) is 0 Å². The molecule has 2 heterocycles. The number of hydrogen-bond acceptors (Lipinski definition) is 4. The smallest absolute Gasteiger partial charge is 0.125 e. The molecule has 4 heteroatoms. The molecule has 1 N–H and O–H groups in total. The van der Waals surface area contributed by atoms with E-state index in [2.05, 4.69) is 41.4 Å². The maximum absolute atomic E-state index is 5.42. The first kappa shape index (κ1) is 13.1. The van der Waals surface area contributed by atoms with E-state index in [0.29, 0.717) is 0 Å². The molecule has 2 aromatic rings. The third-order valence-corrected chi connectivity index (χ3v) is 3.66. The Labute approximate surface area is 119 Å². The lowest BCUT2D eigenvalue weighted by Gasteiger charge is -2.28. The molecule has 0 aliphatic carbocycles. The van der Waals surface area contributed by atoms with Gasteiger partial charge in [-0.2, -0.15) is 0 Å². The highest BCUT2D eigenvalue weighted by Gasteiger charge is 2.10. The van der Waals surface area contributed by atoms with Gasteiger partial charge in [-0.05, 0) is 42.8 Å². The molecule has 0 saturated carbocycles. The fraction of sp³-hybridized carbons (Fsp3) is 0.375. The Bertz CT molecular complexity index is 542. The molecule has 0 amide bonds. The maximum Gasteiger partial charge on any atom is 0.125 e. The largest absolute Gasteiger partial charge is 0.467 e. The minimum absolute atomic E-state index is 0.718. The van der Waals surface area contributed by atoms with Gasteiger partial charge < -0.3 is 19.4 Å². The molecular formula is C16H20N2O2. The summed E-state index contributed by atoms with van der Waals surface area (Å²) in [4.78, 5) is 2.35. The topological polar surface area (TPSA) is 37.6 Å². The Kier molecular flexibility index (Phi) is 3.92. The second kappa shape index (κ2) is 6.01. The lowest BCUT2D eigenvalue weighted by atomic mass is 10.2. The van der Waals surface area contributed by atoms with E-state index in [4.69, 9.17) is 9.15 Å². The molecule has 0 atom stereocenters. The van der Waals surface area contributed by atoms with Crippen molar-refractivity contribution in [3.8, 4) is 0 Å². The number of anilines is 2. The lowest BCUT2D eigenvalue weighted by Crippen LogP contribution is -2.36. The SMILES string of the molecule is Cc1ccoc1CNc1ccc(N2CCOCC2)cc1. The maximum atomic E-state index is 5.42. The molecule has 1 fully saturated rings. The zero-order valence-corrected chi connectivity index (χ0v) is 11.8. The van der Waals surface area contributed by atoms with E-state index in [0.717, 1.165) is 44.3 Å². The summed E-state index contributed by atoms with van der Waals surface area (Å²) in [7, 11) is 0. The highest BCUT2D eigenvalue weighted by atomic mass is 16.5. The van der Waals surface area contributed by atoms with Crippen LogP contribution in [0, 0.1) is 6.92 Å². The predicted octanol–water partition coefficient (Wildman–Crippen LogP) is 3.04. The molecular weight excluding hydrogens is 252 g/mol. The summed E-state index contributed by atoms with van der Waals surface area (Å²) in [5.41, 5.74) is 3.55. The van der Waals surface area contributed by atoms with Crippen molar-refractivity contribution in [1.29, 1.82) is 0 Å². The number of nitrogens with zero attached hydrogens (tertiary/aromatic N) is 1. The van der Waals surface area contributed by atoms with E-state index < -0.39 is 0 Å². The summed E-state index contributed by atoms with van der Waals surface area (Å²) < 4.78 is 10.8. The first-order valence-electron chi connectivity index (χ1n) is 7.02. The van der Waals surface area contributed by atoms with Gasteiger partial charge in [-0.25, -0.2) is 0 Å². The monoisotopic (exact) mass is 272 g/mol. The summed E-state index contributed by atoms with van der Waals surface area (Å²) in [6.45, 7) is 6.35. The summed E-state index contributed by atoms with van der Waals surface area (Å²) in [6, 6.07) is 10.5. The highest BCUT2D eigenvalue weighted by molar-refractivity contribution is 5.55. The van der Waals surface area contributed by atoms with E-state index >= 15 is 0 Å². The normalized spacial score (nSPS) is 15.3. The summed E-state index contributed by atoms with van der Waals surface area (Å²) in [5, 5.41) is 3.38. The predicted molar refractivity (Wildman–Crippen MR) is 80.2 cm³/mol. The van der Waals surface area contributed by atoms with Crippen molar-refractivity contribution in [2.45, 2.75) is 13.5 Å². The van der Waals surface area contributed by atoms with E-state index in [1.807, 2.05) is 6.07 Å². The van der Waals surface area contributed by atoms with Crippen LogP contribution in [0.15, 0.2) is 41.0 Å². The third kappa shape index (κ3) is 2.96. The molecule has 1 aliphatic rings. The summed E-state index contributed by atoms with van der Waals surface area (Å²) in [6.07, 6.45) is 1.73. The van der Waals surface area contributed by atoms with Gasteiger partial charge in [-0.15, -0.1) is 0 Å². The molecule has 0 bridgehead atoms. The van der Waals surface area contributed by atoms with Crippen LogP contribution in [0.3, 0.4) is 0 Å². The Morgan fingerprint density at radius 1 is 1.10 bits per heavy atom. The quantitative estimate of drug-likeness (QED) is 0.928. The minimum Gasteiger partial charge on any atom is -0.467 e. The molecule has 0 unspecified atom stereocenters. The molecule has 1 aliphatic heterocycles. The third-order valence-electron chi connectivity index (χ3n) is 3.66. The van der Waals surface area contributed by atoms with Gasteiger partial charge in [0.15, 0.2) is 0 Å². The zero-order valence-electron chi connectivity index (χ0n) is 11.8. The molecule has 4 nitrogen and oxygen atoms in total. The Hall–Kier alpha value is -1.94. The second-order valence-electron chi connectivity index (χ2n) is 5.03. The fourth-order valence-electron chi connectivity index (χ4n) is 2.38. The van der Waals surface area contributed by atoms with Gasteiger partial charge in [0.2, 0.25) is 0 Å². The lowest BCUT2D eigenvalue weighted by molar-refractivity contribution is 0.122. The molecule has 3 rings (SSSR count). The van der Waals surface area contributed by atoms with Crippen LogP contribution in [0.5, 0.6) is 0 Å². The fourth-order valence-corrected chi connectivity index (χ4v) is 2.38. The molecule has 1 saturated heterocycles. The van der Waals surface area contributed by atoms with E-state index in [9.17, 15) is 0 Å².